The van der Waals surface area contributed by atoms with Gasteiger partial charge in [-0.1, -0.05) is 41.9 Å². The molecule has 134 valence electrons. The number of carbonyl (C=O) groups excluding carboxylic acids is 1. The molecule has 0 bridgehead atoms. The van der Waals surface area contributed by atoms with E-state index in [-0.39, 0.29) is 23.0 Å². The lowest BCUT2D eigenvalue weighted by molar-refractivity contribution is -0.142. The number of esters is 1. The van der Waals surface area contributed by atoms with Gasteiger partial charge in [0.25, 0.3) is 0 Å². The van der Waals surface area contributed by atoms with Crippen molar-refractivity contribution in [1.29, 1.82) is 0 Å². The molecule has 0 heterocycles. The molecule has 0 aliphatic heterocycles. The topological polar surface area (TPSA) is 60.4 Å². The Labute approximate surface area is 153 Å². The molecule has 0 aliphatic rings. The smallest absolute Gasteiger partial charge is 0.310 e. The number of ether oxygens (including phenoxy) is 1. The van der Waals surface area contributed by atoms with Crippen LogP contribution in [0.1, 0.15) is 24.5 Å². The van der Waals surface area contributed by atoms with Gasteiger partial charge in [-0.2, -0.15) is 0 Å². The van der Waals surface area contributed by atoms with Gasteiger partial charge in [-0.15, -0.1) is 0 Å². The van der Waals surface area contributed by atoms with E-state index in [1.54, 1.807) is 25.1 Å². The van der Waals surface area contributed by atoms with Gasteiger partial charge in [0, 0.05) is 5.02 Å². The van der Waals surface area contributed by atoms with Crippen molar-refractivity contribution < 1.29 is 17.9 Å². The van der Waals surface area contributed by atoms with E-state index in [4.69, 9.17) is 16.3 Å². The summed E-state index contributed by atoms with van der Waals surface area (Å²) in [4.78, 5) is 11.7. The Morgan fingerprint density at radius 2 is 1.76 bits per heavy atom. The molecule has 6 heteroatoms. The van der Waals surface area contributed by atoms with Gasteiger partial charge in [0.05, 0.1) is 23.7 Å². The molecule has 4 nitrogen and oxygen atoms in total. The van der Waals surface area contributed by atoms with Gasteiger partial charge in [0.1, 0.15) is 0 Å². The average molecular weight is 381 g/mol. The van der Waals surface area contributed by atoms with Crippen LogP contribution in [-0.2, 0) is 32.2 Å². The standard InChI is InChI=1S/C19H21ClO4S/c1-2-24-19(21)13-16-10-8-15(9-11-16)5-4-12-25(22,23)18-7-3-6-17(20)14-18/h3,6-11,14H,2,4-5,12-13H2,1H3. The predicted octanol–water partition coefficient (Wildman–Crippen LogP) is 3.85. The van der Waals surface area contributed by atoms with E-state index in [1.165, 1.54) is 6.07 Å². The summed E-state index contributed by atoms with van der Waals surface area (Å²) in [6.07, 6.45) is 1.42. The molecule has 0 unspecified atom stereocenters. The van der Waals surface area contributed by atoms with Gasteiger partial charge in [0.2, 0.25) is 0 Å². The molecule has 2 aromatic carbocycles. The highest BCUT2D eigenvalue weighted by molar-refractivity contribution is 7.91. The monoisotopic (exact) mass is 380 g/mol. The van der Waals surface area contributed by atoms with E-state index in [1.807, 2.05) is 24.3 Å². The summed E-state index contributed by atoms with van der Waals surface area (Å²) in [5, 5.41) is 0.415. The number of halogens is 1. The molecule has 0 saturated carbocycles. The fourth-order valence-electron chi connectivity index (χ4n) is 2.45. The summed E-state index contributed by atoms with van der Waals surface area (Å²) in [6, 6.07) is 13.9. The molecule has 0 fully saturated rings. The van der Waals surface area contributed by atoms with Crippen molar-refractivity contribution in [1.82, 2.24) is 0 Å². The number of sulfone groups is 1. The Hall–Kier alpha value is -1.85. The van der Waals surface area contributed by atoms with Crippen LogP contribution >= 0.6 is 11.6 Å². The summed E-state index contributed by atoms with van der Waals surface area (Å²) in [5.74, 6) is -0.180. The van der Waals surface area contributed by atoms with Crippen LogP contribution in [0.2, 0.25) is 5.02 Å². The second kappa shape index (κ2) is 9.02. The molecule has 2 aromatic rings. The van der Waals surface area contributed by atoms with Crippen molar-refractivity contribution in [3.63, 3.8) is 0 Å². The number of rotatable bonds is 8. The Bertz CT molecular complexity index is 814. The van der Waals surface area contributed by atoms with Crippen LogP contribution < -0.4 is 0 Å². The van der Waals surface area contributed by atoms with Crippen LogP contribution in [0.5, 0.6) is 0 Å². The molecule has 0 atom stereocenters. The number of aryl methyl sites for hydroxylation is 1. The van der Waals surface area contributed by atoms with Crippen molar-refractivity contribution >= 4 is 27.4 Å². The Kier molecular flexibility index (Phi) is 7.02. The zero-order valence-corrected chi connectivity index (χ0v) is 15.6. The first-order valence-electron chi connectivity index (χ1n) is 8.12. The van der Waals surface area contributed by atoms with Gasteiger partial charge in [-0.3, -0.25) is 4.79 Å². The van der Waals surface area contributed by atoms with E-state index in [0.29, 0.717) is 24.5 Å². The SMILES string of the molecule is CCOC(=O)Cc1ccc(CCCS(=O)(=O)c2cccc(Cl)c2)cc1. The normalized spacial score (nSPS) is 11.3. The Balaban J connectivity index is 1.88. The third-order valence-electron chi connectivity index (χ3n) is 3.71. The second-order valence-electron chi connectivity index (χ2n) is 5.68. The van der Waals surface area contributed by atoms with E-state index >= 15 is 0 Å². The highest BCUT2D eigenvalue weighted by atomic mass is 35.5. The van der Waals surface area contributed by atoms with Gasteiger partial charge in [0.15, 0.2) is 9.84 Å². The maximum atomic E-state index is 12.3. The van der Waals surface area contributed by atoms with Crippen molar-refractivity contribution in [2.45, 2.75) is 31.1 Å². The molecule has 25 heavy (non-hydrogen) atoms. The van der Waals surface area contributed by atoms with Crippen molar-refractivity contribution in [3.8, 4) is 0 Å². The summed E-state index contributed by atoms with van der Waals surface area (Å²) in [5.41, 5.74) is 1.92. The minimum absolute atomic E-state index is 0.0674. The number of carbonyl (C=O) groups is 1. The zero-order chi connectivity index (χ0) is 18.3. The zero-order valence-electron chi connectivity index (χ0n) is 14.1. The lowest BCUT2D eigenvalue weighted by atomic mass is 10.1. The second-order valence-corrected chi connectivity index (χ2v) is 8.22. The first-order chi connectivity index (χ1) is 11.9. The molecular formula is C19H21ClO4S. The largest absolute Gasteiger partial charge is 0.466 e. The number of hydrogen-bond acceptors (Lipinski definition) is 4. The van der Waals surface area contributed by atoms with Crippen molar-refractivity contribution in [2.75, 3.05) is 12.4 Å². The van der Waals surface area contributed by atoms with Gasteiger partial charge in [-0.25, -0.2) is 8.42 Å². The molecule has 0 N–H and O–H groups in total. The van der Waals surface area contributed by atoms with E-state index in [9.17, 15) is 13.2 Å². The Morgan fingerprint density at radius 3 is 2.40 bits per heavy atom. The van der Waals surface area contributed by atoms with Gasteiger partial charge in [-0.05, 0) is 49.1 Å². The van der Waals surface area contributed by atoms with Crippen molar-refractivity contribution in [2.24, 2.45) is 0 Å². The van der Waals surface area contributed by atoms with E-state index in [0.717, 1.165) is 11.1 Å². The third kappa shape index (κ3) is 6.18. The summed E-state index contributed by atoms with van der Waals surface area (Å²) in [7, 11) is -3.33. The van der Waals surface area contributed by atoms with Crippen LogP contribution in [0.25, 0.3) is 0 Å². The molecule has 0 saturated heterocycles. The lowest BCUT2D eigenvalue weighted by Gasteiger charge is -2.06. The predicted molar refractivity (Wildman–Crippen MR) is 98.6 cm³/mol. The fraction of sp³-hybridized carbons (Fsp3) is 0.316. The number of benzene rings is 2. The van der Waals surface area contributed by atoms with Gasteiger partial charge >= 0.3 is 5.97 Å². The van der Waals surface area contributed by atoms with E-state index < -0.39 is 9.84 Å². The summed E-state index contributed by atoms with van der Waals surface area (Å²) >= 11 is 5.85. The summed E-state index contributed by atoms with van der Waals surface area (Å²) in [6.45, 7) is 2.15. The first-order valence-corrected chi connectivity index (χ1v) is 10.2. The lowest BCUT2D eigenvalue weighted by Crippen LogP contribution is -2.08. The molecule has 0 aromatic heterocycles. The molecule has 0 spiro atoms. The minimum Gasteiger partial charge on any atom is -0.466 e. The van der Waals surface area contributed by atoms with Crippen LogP contribution in [0, 0.1) is 0 Å². The fourth-order valence-corrected chi connectivity index (χ4v) is 4.05. The molecule has 2 rings (SSSR count). The average Bonchev–Trinajstić information content (AvgIpc) is 2.56. The highest BCUT2D eigenvalue weighted by Crippen LogP contribution is 2.18. The minimum atomic E-state index is -3.33. The van der Waals surface area contributed by atoms with E-state index in [2.05, 4.69) is 0 Å². The summed E-state index contributed by atoms with van der Waals surface area (Å²) < 4.78 is 29.5. The maximum absolute atomic E-state index is 12.3. The van der Waals surface area contributed by atoms with Crippen molar-refractivity contribution in [3.05, 3.63) is 64.7 Å². The first kappa shape index (κ1) is 19.5. The number of hydrogen-bond donors (Lipinski definition) is 0. The van der Waals surface area contributed by atoms with Crippen LogP contribution in [0.3, 0.4) is 0 Å². The van der Waals surface area contributed by atoms with Crippen LogP contribution in [-0.4, -0.2) is 26.7 Å². The highest BCUT2D eigenvalue weighted by Gasteiger charge is 2.14. The quantitative estimate of drug-likeness (QED) is 0.652. The third-order valence-corrected chi connectivity index (χ3v) is 5.74. The Morgan fingerprint density at radius 1 is 1.08 bits per heavy atom. The van der Waals surface area contributed by atoms with Crippen LogP contribution in [0.4, 0.5) is 0 Å². The van der Waals surface area contributed by atoms with Gasteiger partial charge < -0.3 is 4.74 Å². The molecule has 0 aliphatic carbocycles. The maximum Gasteiger partial charge on any atom is 0.310 e. The molecular weight excluding hydrogens is 360 g/mol. The molecule has 0 radical (unpaired) electrons. The van der Waals surface area contributed by atoms with Crippen LogP contribution in [0.15, 0.2) is 53.4 Å². The molecule has 0 amide bonds.